The van der Waals surface area contributed by atoms with Crippen LogP contribution in [-0.2, 0) is 10.1 Å². The molecule has 0 saturated carbocycles. The number of carboxylic acids is 2. The number of benzene rings is 2. The van der Waals surface area contributed by atoms with Crippen LogP contribution in [0.5, 0.6) is 0 Å². The standard InChI is InChI=1S/C12H8O7S.K.2Na/c13-11(14)7-3-1-2-6-9(20(17,18)19)5-4-8(10(6)7)12(15)16;;;/h1-5H,(H,13,14)(H,15,16)(H,17,18,19);;;/q;3*+1/p-3. The van der Waals surface area contributed by atoms with Crippen molar-refractivity contribution < 1.29 is 143 Å². The average Bonchev–Trinajstić information content (AvgIpc) is 2.34. The number of hydrogen-bond acceptors (Lipinski definition) is 7. The van der Waals surface area contributed by atoms with Crippen LogP contribution in [0.15, 0.2) is 35.2 Å². The molecule has 0 unspecified atom stereocenters. The fraction of sp³-hybridized carbons (Fsp3) is 0. The molecule has 2 rings (SSSR count). The van der Waals surface area contributed by atoms with Crippen molar-refractivity contribution in [2.75, 3.05) is 0 Å². The van der Waals surface area contributed by atoms with Gasteiger partial charge in [-0.05, 0) is 6.07 Å². The topological polar surface area (TPSA) is 137 Å². The van der Waals surface area contributed by atoms with E-state index in [1.165, 1.54) is 6.07 Å². The van der Waals surface area contributed by atoms with Crippen LogP contribution in [0.3, 0.4) is 0 Å². The molecule has 0 saturated heterocycles. The van der Waals surface area contributed by atoms with Gasteiger partial charge in [-0.15, -0.1) is 0 Å². The zero-order valence-corrected chi connectivity index (χ0v) is 20.6. The molecule has 0 aromatic heterocycles. The Kier molecular flexibility index (Phi) is 11.9. The Balaban J connectivity index is 0. The van der Waals surface area contributed by atoms with E-state index in [1.54, 1.807) is 0 Å². The number of fused-ring (bicyclic) bond motifs is 1. The summed E-state index contributed by atoms with van der Waals surface area (Å²) in [4.78, 5) is 21.3. The van der Waals surface area contributed by atoms with Crippen LogP contribution in [0.25, 0.3) is 10.8 Å². The number of carboxylic acid groups (broad SMARTS) is 2. The summed E-state index contributed by atoms with van der Waals surface area (Å²) < 4.78 is 33.4. The van der Waals surface area contributed by atoms with Gasteiger partial charge in [-0.25, -0.2) is 8.42 Å². The van der Waals surface area contributed by atoms with Gasteiger partial charge in [0.05, 0.1) is 16.8 Å². The molecule has 0 atom stereocenters. The van der Waals surface area contributed by atoms with E-state index in [0.717, 1.165) is 24.3 Å². The minimum atomic E-state index is -4.89. The number of hydrogen-bond donors (Lipinski definition) is 0. The minimum absolute atomic E-state index is 0. The first-order chi connectivity index (χ1) is 9.23. The van der Waals surface area contributed by atoms with E-state index in [4.69, 9.17) is 0 Å². The van der Waals surface area contributed by atoms with Crippen LogP contribution in [0, 0.1) is 0 Å². The van der Waals surface area contributed by atoms with Gasteiger partial charge in [0.15, 0.2) is 0 Å². The van der Waals surface area contributed by atoms with Crippen LogP contribution < -0.4 is 121 Å². The predicted octanol–water partition coefficient (Wildman–Crippen LogP) is -10.5. The molecule has 0 aliphatic heterocycles. The molecule has 0 radical (unpaired) electrons. The molecular weight excluding hydrogens is 373 g/mol. The summed E-state index contributed by atoms with van der Waals surface area (Å²) in [5, 5.41) is 21.3. The molecule has 0 aliphatic rings. The molecule has 104 valence electrons. The second-order valence-electron chi connectivity index (χ2n) is 3.87. The summed E-state index contributed by atoms with van der Waals surface area (Å²) in [6, 6.07) is 4.98. The largest absolute Gasteiger partial charge is 1.00 e. The van der Waals surface area contributed by atoms with Crippen molar-refractivity contribution in [3.63, 3.8) is 0 Å². The third-order valence-corrected chi connectivity index (χ3v) is 3.60. The van der Waals surface area contributed by atoms with Gasteiger partial charge in [0.2, 0.25) is 0 Å². The van der Waals surface area contributed by atoms with Crippen LogP contribution in [0.1, 0.15) is 20.7 Å². The Bertz CT molecular complexity index is 832. The summed E-state index contributed by atoms with van der Waals surface area (Å²) in [5.74, 6) is -3.39. The third-order valence-electron chi connectivity index (χ3n) is 2.71. The molecule has 0 aliphatic carbocycles. The van der Waals surface area contributed by atoms with Gasteiger partial charge in [-0.2, -0.15) is 0 Å². The van der Waals surface area contributed by atoms with Crippen LogP contribution in [0.2, 0.25) is 0 Å². The molecular formula is C12H5KNa2O7S. The fourth-order valence-corrected chi connectivity index (χ4v) is 2.61. The van der Waals surface area contributed by atoms with E-state index in [0.29, 0.717) is 0 Å². The third kappa shape index (κ3) is 5.85. The van der Waals surface area contributed by atoms with Crippen LogP contribution in [-0.4, -0.2) is 24.9 Å². The van der Waals surface area contributed by atoms with E-state index in [9.17, 15) is 32.8 Å². The van der Waals surface area contributed by atoms with Crippen molar-refractivity contribution in [2.45, 2.75) is 4.90 Å². The molecule has 0 amide bonds. The Morgan fingerprint density at radius 2 is 1.35 bits per heavy atom. The first-order valence-corrected chi connectivity index (χ1v) is 6.58. The average molecular weight is 378 g/mol. The number of carbonyl (C=O) groups is 2. The predicted molar refractivity (Wildman–Crippen MR) is 60.6 cm³/mol. The van der Waals surface area contributed by atoms with E-state index >= 15 is 0 Å². The molecule has 2 aromatic rings. The monoisotopic (exact) mass is 378 g/mol. The van der Waals surface area contributed by atoms with Gasteiger partial charge in [-0.3, -0.25) is 0 Å². The molecule has 2 aromatic carbocycles. The first kappa shape index (κ1) is 26.4. The molecule has 7 nitrogen and oxygen atoms in total. The van der Waals surface area contributed by atoms with Gasteiger partial charge in [0.1, 0.15) is 10.1 Å². The number of carbonyl (C=O) groups excluding carboxylic acids is 2. The Labute approximate surface area is 218 Å². The van der Waals surface area contributed by atoms with E-state index in [-0.39, 0.29) is 116 Å². The van der Waals surface area contributed by atoms with Gasteiger partial charge in [-0.1, -0.05) is 24.3 Å². The maximum atomic E-state index is 11.1. The summed E-state index contributed by atoms with van der Waals surface area (Å²) in [5.41, 5.74) is -1.07. The second-order valence-corrected chi connectivity index (χ2v) is 5.22. The molecule has 0 fully saturated rings. The normalized spacial score (nSPS) is 9.96. The molecule has 0 spiro atoms. The van der Waals surface area contributed by atoms with Crippen molar-refractivity contribution in [1.29, 1.82) is 0 Å². The number of rotatable bonds is 3. The minimum Gasteiger partial charge on any atom is -0.744 e. The Hall–Kier alpha value is 1.19. The molecule has 0 N–H and O–H groups in total. The first-order valence-electron chi connectivity index (χ1n) is 5.18. The van der Waals surface area contributed by atoms with Gasteiger partial charge >= 0.3 is 110 Å². The van der Waals surface area contributed by atoms with Gasteiger partial charge < -0.3 is 24.4 Å². The Morgan fingerprint density at radius 1 is 0.870 bits per heavy atom. The SMILES string of the molecule is O=C([O-])c1cccc2c(S(=O)(=O)[O-])ccc(C(=O)[O-])c12.[K+].[Na+].[Na+]. The van der Waals surface area contributed by atoms with Crippen molar-refractivity contribution in [1.82, 2.24) is 0 Å². The number of aromatic carboxylic acids is 2. The molecule has 0 heterocycles. The maximum absolute atomic E-state index is 11.1. The quantitative estimate of drug-likeness (QED) is 0.382. The fourth-order valence-electron chi connectivity index (χ4n) is 1.94. The Morgan fingerprint density at radius 3 is 1.78 bits per heavy atom. The smallest absolute Gasteiger partial charge is 0.744 e. The molecule has 11 heteroatoms. The summed E-state index contributed by atoms with van der Waals surface area (Å²) >= 11 is 0. The van der Waals surface area contributed by atoms with Crippen molar-refractivity contribution in [2.24, 2.45) is 0 Å². The zero-order chi connectivity index (χ0) is 15.1. The maximum Gasteiger partial charge on any atom is 1.00 e. The van der Waals surface area contributed by atoms with E-state index in [1.807, 2.05) is 0 Å². The molecule has 23 heavy (non-hydrogen) atoms. The van der Waals surface area contributed by atoms with Gasteiger partial charge in [0, 0.05) is 21.9 Å². The van der Waals surface area contributed by atoms with Crippen LogP contribution in [0.4, 0.5) is 0 Å². The summed E-state index contributed by atoms with van der Waals surface area (Å²) in [6.07, 6.45) is 0. The van der Waals surface area contributed by atoms with E-state index in [2.05, 4.69) is 0 Å². The summed E-state index contributed by atoms with van der Waals surface area (Å²) in [6.45, 7) is 0. The summed E-state index contributed by atoms with van der Waals surface area (Å²) in [7, 11) is -4.89. The molecule has 0 bridgehead atoms. The van der Waals surface area contributed by atoms with Crippen molar-refractivity contribution >= 4 is 32.8 Å². The van der Waals surface area contributed by atoms with E-state index < -0.39 is 43.5 Å². The van der Waals surface area contributed by atoms with Crippen molar-refractivity contribution in [3.05, 3.63) is 41.5 Å². The van der Waals surface area contributed by atoms with Gasteiger partial charge in [0.25, 0.3) is 0 Å². The second kappa shape index (κ2) is 10.4. The van der Waals surface area contributed by atoms with Crippen molar-refractivity contribution in [3.8, 4) is 0 Å². The van der Waals surface area contributed by atoms with Crippen LogP contribution >= 0.6 is 0 Å². The zero-order valence-electron chi connectivity index (χ0n) is 12.7.